The molecule has 4 heteroatoms. The first-order chi connectivity index (χ1) is 8.19. The summed E-state index contributed by atoms with van der Waals surface area (Å²) < 4.78 is 5.20. The highest BCUT2D eigenvalue weighted by Crippen LogP contribution is 2.26. The van der Waals surface area contributed by atoms with E-state index >= 15 is 0 Å². The molecule has 0 saturated heterocycles. The fourth-order valence-electron chi connectivity index (χ4n) is 1.70. The Morgan fingerprint density at radius 1 is 1.47 bits per heavy atom. The van der Waals surface area contributed by atoms with E-state index in [4.69, 9.17) is 4.74 Å². The molecule has 1 aromatic carbocycles. The van der Waals surface area contributed by atoms with Gasteiger partial charge in [0.15, 0.2) is 0 Å². The molecule has 4 nitrogen and oxygen atoms in total. The molecule has 1 aliphatic carbocycles. The third-order valence-corrected chi connectivity index (χ3v) is 2.75. The van der Waals surface area contributed by atoms with Gasteiger partial charge in [0.25, 0.3) is 0 Å². The summed E-state index contributed by atoms with van der Waals surface area (Å²) in [4.78, 5) is 11.1. The van der Waals surface area contributed by atoms with Crippen molar-refractivity contribution in [3.05, 3.63) is 23.8 Å². The van der Waals surface area contributed by atoms with Gasteiger partial charge in [-0.1, -0.05) is 6.07 Å². The maximum absolute atomic E-state index is 11.1. The first-order valence-electron chi connectivity index (χ1n) is 5.87. The Morgan fingerprint density at radius 2 is 2.24 bits per heavy atom. The van der Waals surface area contributed by atoms with E-state index in [0.29, 0.717) is 11.8 Å². The first-order valence-corrected chi connectivity index (χ1v) is 5.87. The number of hydrogen-bond acceptors (Lipinski definition) is 3. The topological polar surface area (TPSA) is 50.4 Å². The number of methoxy groups -OCH3 is 1. The zero-order chi connectivity index (χ0) is 12.3. The van der Waals surface area contributed by atoms with Crippen molar-refractivity contribution < 1.29 is 9.53 Å². The predicted molar refractivity (Wildman–Crippen MR) is 67.2 cm³/mol. The minimum Gasteiger partial charge on any atom is -0.495 e. The van der Waals surface area contributed by atoms with Gasteiger partial charge in [-0.15, -0.1) is 0 Å². The molecule has 1 aromatic rings. The van der Waals surface area contributed by atoms with Gasteiger partial charge in [-0.2, -0.15) is 0 Å². The quantitative estimate of drug-likeness (QED) is 0.818. The second-order valence-electron chi connectivity index (χ2n) is 4.37. The van der Waals surface area contributed by atoms with Gasteiger partial charge in [-0.25, -0.2) is 0 Å². The van der Waals surface area contributed by atoms with Crippen LogP contribution in [0.5, 0.6) is 5.75 Å². The van der Waals surface area contributed by atoms with Crippen molar-refractivity contribution >= 4 is 11.6 Å². The molecule has 0 aliphatic heterocycles. The van der Waals surface area contributed by atoms with Crippen LogP contribution in [0, 0.1) is 0 Å². The number of carbonyl (C=O) groups is 1. The SMILES string of the molecule is COc1ccc(CNC2CC2)cc1NC(C)=O. The summed E-state index contributed by atoms with van der Waals surface area (Å²) in [6, 6.07) is 6.53. The lowest BCUT2D eigenvalue weighted by Gasteiger charge is -2.11. The van der Waals surface area contributed by atoms with Crippen molar-refractivity contribution in [1.82, 2.24) is 5.32 Å². The number of amides is 1. The highest BCUT2D eigenvalue weighted by molar-refractivity contribution is 5.90. The molecule has 0 bridgehead atoms. The van der Waals surface area contributed by atoms with E-state index in [9.17, 15) is 4.79 Å². The summed E-state index contributed by atoms with van der Waals surface area (Å²) in [5.41, 5.74) is 1.89. The highest BCUT2D eigenvalue weighted by atomic mass is 16.5. The van der Waals surface area contributed by atoms with Gasteiger partial charge in [0.05, 0.1) is 12.8 Å². The molecule has 0 heterocycles. The van der Waals surface area contributed by atoms with E-state index in [0.717, 1.165) is 17.8 Å². The van der Waals surface area contributed by atoms with Crippen LogP contribution >= 0.6 is 0 Å². The summed E-state index contributed by atoms with van der Waals surface area (Å²) >= 11 is 0. The monoisotopic (exact) mass is 234 g/mol. The molecule has 17 heavy (non-hydrogen) atoms. The van der Waals surface area contributed by atoms with Gasteiger partial charge < -0.3 is 15.4 Å². The van der Waals surface area contributed by atoms with Crippen LogP contribution in [0.15, 0.2) is 18.2 Å². The maximum Gasteiger partial charge on any atom is 0.221 e. The molecule has 1 saturated carbocycles. The maximum atomic E-state index is 11.1. The Bertz CT molecular complexity index is 414. The van der Waals surface area contributed by atoms with Crippen LogP contribution in [0.2, 0.25) is 0 Å². The number of benzene rings is 1. The van der Waals surface area contributed by atoms with Gasteiger partial charge in [0.2, 0.25) is 5.91 Å². The lowest BCUT2D eigenvalue weighted by molar-refractivity contribution is -0.114. The summed E-state index contributed by atoms with van der Waals surface area (Å²) in [6.45, 7) is 2.33. The molecule has 1 aliphatic rings. The third kappa shape index (κ3) is 3.46. The highest BCUT2D eigenvalue weighted by Gasteiger charge is 2.20. The summed E-state index contributed by atoms with van der Waals surface area (Å²) in [5.74, 6) is 0.603. The van der Waals surface area contributed by atoms with Crippen LogP contribution in [0.3, 0.4) is 0 Å². The fourth-order valence-corrected chi connectivity index (χ4v) is 1.70. The van der Waals surface area contributed by atoms with Crippen LogP contribution < -0.4 is 15.4 Å². The molecule has 0 radical (unpaired) electrons. The van der Waals surface area contributed by atoms with E-state index in [1.165, 1.54) is 19.8 Å². The zero-order valence-corrected chi connectivity index (χ0v) is 10.2. The van der Waals surface area contributed by atoms with E-state index in [1.54, 1.807) is 7.11 Å². The Kier molecular flexibility index (Phi) is 3.64. The number of ether oxygens (including phenoxy) is 1. The molecule has 2 rings (SSSR count). The zero-order valence-electron chi connectivity index (χ0n) is 10.2. The lowest BCUT2D eigenvalue weighted by atomic mass is 10.2. The predicted octanol–water partition coefficient (Wildman–Crippen LogP) is 1.91. The number of nitrogens with one attached hydrogen (secondary N) is 2. The molecule has 0 spiro atoms. The van der Waals surface area contributed by atoms with Crippen molar-refractivity contribution in [2.75, 3.05) is 12.4 Å². The second kappa shape index (κ2) is 5.19. The lowest BCUT2D eigenvalue weighted by Crippen LogP contribution is -2.15. The van der Waals surface area contributed by atoms with Gasteiger partial charge in [0, 0.05) is 19.5 Å². The van der Waals surface area contributed by atoms with Crippen molar-refractivity contribution in [3.63, 3.8) is 0 Å². The molecule has 1 amide bonds. The normalized spacial score (nSPS) is 14.5. The van der Waals surface area contributed by atoms with Gasteiger partial charge >= 0.3 is 0 Å². The Hall–Kier alpha value is -1.55. The number of hydrogen-bond donors (Lipinski definition) is 2. The third-order valence-electron chi connectivity index (χ3n) is 2.75. The van der Waals surface area contributed by atoms with Crippen molar-refractivity contribution in [3.8, 4) is 5.75 Å². The average molecular weight is 234 g/mol. The van der Waals surface area contributed by atoms with E-state index < -0.39 is 0 Å². The van der Waals surface area contributed by atoms with Crippen LogP contribution in [0.25, 0.3) is 0 Å². The summed E-state index contributed by atoms with van der Waals surface area (Å²) in [5, 5.41) is 6.21. The minimum atomic E-state index is -0.0874. The van der Waals surface area contributed by atoms with Crippen molar-refractivity contribution in [2.24, 2.45) is 0 Å². The fraction of sp³-hybridized carbons (Fsp3) is 0.462. The molecule has 92 valence electrons. The van der Waals surface area contributed by atoms with Crippen LogP contribution in [-0.2, 0) is 11.3 Å². The summed E-state index contributed by atoms with van der Waals surface area (Å²) in [6.07, 6.45) is 2.55. The number of carbonyl (C=O) groups excluding carboxylic acids is 1. The van der Waals surface area contributed by atoms with Gasteiger partial charge in [-0.05, 0) is 30.5 Å². The molecule has 2 N–H and O–H groups in total. The van der Waals surface area contributed by atoms with E-state index in [-0.39, 0.29) is 5.91 Å². The molecule has 1 fully saturated rings. The molecule has 0 atom stereocenters. The Balaban J connectivity index is 2.08. The van der Waals surface area contributed by atoms with E-state index in [1.807, 2.05) is 18.2 Å². The van der Waals surface area contributed by atoms with Gasteiger partial charge in [0.1, 0.15) is 5.75 Å². The second-order valence-corrected chi connectivity index (χ2v) is 4.37. The average Bonchev–Trinajstić information content (AvgIpc) is 3.09. The Labute approximate surface area is 101 Å². The van der Waals surface area contributed by atoms with Crippen molar-refractivity contribution in [1.29, 1.82) is 0 Å². The first kappa shape index (κ1) is 11.9. The number of anilines is 1. The smallest absolute Gasteiger partial charge is 0.221 e. The Morgan fingerprint density at radius 3 is 2.82 bits per heavy atom. The molecular formula is C13H18N2O2. The van der Waals surface area contributed by atoms with Gasteiger partial charge in [-0.3, -0.25) is 4.79 Å². The molecule has 0 aromatic heterocycles. The summed E-state index contributed by atoms with van der Waals surface area (Å²) in [7, 11) is 1.60. The standard InChI is InChI=1S/C13H18N2O2/c1-9(16)15-12-7-10(3-6-13(12)17-2)8-14-11-4-5-11/h3,6-7,11,14H,4-5,8H2,1-2H3,(H,15,16). The van der Waals surface area contributed by atoms with Crippen LogP contribution in [0.4, 0.5) is 5.69 Å². The largest absolute Gasteiger partial charge is 0.495 e. The molecular weight excluding hydrogens is 216 g/mol. The number of rotatable bonds is 5. The minimum absolute atomic E-state index is 0.0874. The van der Waals surface area contributed by atoms with Crippen LogP contribution in [-0.4, -0.2) is 19.1 Å². The van der Waals surface area contributed by atoms with E-state index in [2.05, 4.69) is 10.6 Å². The molecule has 0 unspecified atom stereocenters. The van der Waals surface area contributed by atoms with Crippen molar-refractivity contribution in [2.45, 2.75) is 32.4 Å². The van der Waals surface area contributed by atoms with Crippen LogP contribution in [0.1, 0.15) is 25.3 Å².